The Morgan fingerprint density at radius 1 is 1.40 bits per heavy atom. The summed E-state index contributed by atoms with van der Waals surface area (Å²) in [6, 6.07) is 10.8. The quantitative estimate of drug-likeness (QED) is 0.819. The van der Waals surface area contributed by atoms with E-state index in [1.165, 1.54) is 5.56 Å². The summed E-state index contributed by atoms with van der Waals surface area (Å²) in [6.07, 6.45) is 1.99. The maximum Gasteiger partial charge on any atom is 0.234 e. The van der Waals surface area contributed by atoms with Crippen molar-refractivity contribution in [2.75, 3.05) is 32.8 Å². The highest BCUT2D eigenvalue weighted by molar-refractivity contribution is 5.77. The summed E-state index contributed by atoms with van der Waals surface area (Å²) in [5.74, 6) is 0.104. The molecule has 0 saturated carbocycles. The average molecular weight is 276 g/mol. The van der Waals surface area contributed by atoms with E-state index in [1.807, 2.05) is 13.0 Å². The van der Waals surface area contributed by atoms with E-state index < -0.39 is 0 Å². The summed E-state index contributed by atoms with van der Waals surface area (Å²) in [5.41, 5.74) is 1.31. The lowest BCUT2D eigenvalue weighted by Crippen LogP contribution is -2.44. The highest BCUT2D eigenvalue weighted by Gasteiger charge is 2.24. The molecule has 0 radical (unpaired) electrons. The lowest BCUT2D eigenvalue weighted by atomic mass is 10.1. The summed E-state index contributed by atoms with van der Waals surface area (Å²) in [7, 11) is 0. The molecule has 1 atom stereocenters. The van der Waals surface area contributed by atoms with Gasteiger partial charge in [0.25, 0.3) is 0 Å². The predicted octanol–water partition coefficient (Wildman–Crippen LogP) is 1.46. The minimum Gasteiger partial charge on any atom is -0.380 e. The second kappa shape index (κ2) is 8.02. The van der Waals surface area contributed by atoms with Gasteiger partial charge in [-0.25, -0.2) is 0 Å². The first-order valence-electron chi connectivity index (χ1n) is 7.42. The van der Waals surface area contributed by atoms with E-state index in [1.54, 1.807) is 0 Å². The minimum atomic E-state index is 0.104. The molecular weight excluding hydrogens is 252 g/mol. The normalized spacial score (nSPS) is 18.4. The number of nitrogens with one attached hydrogen (secondary N) is 1. The fraction of sp³-hybridized carbons (Fsp3) is 0.562. The molecule has 4 heteroatoms. The van der Waals surface area contributed by atoms with Crippen molar-refractivity contribution < 1.29 is 9.53 Å². The molecule has 2 rings (SSSR count). The van der Waals surface area contributed by atoms with Crippen molar-refractivity contribution >= 4 is 5.91 Å². The Hall–Kier alpha value is -1.39. The van der Waals surface area contributed by atoms with Gasteiger partial charge in [-0.15, -0.1) is 0 Å². The summed E-state index contributed by atoms with van der Waals surface area (Å²) >= 11 is 0. The van der Waals surface area contributed by atoms with Crippen LogP contribution in [0.2, 0.25) is 0 Å². The van der Waals surface area contributed by atoms with Crippen LogP contribution in [0.3, 0.4) is 0 Å². The zero-order valence-electron chi connectivity index (χ0n) is 12.2. The number of benzene rings is 1. The van der Waals surface area contributed by atoms with Crippen molar-refractivity contribution in [2.45, 2.75) is 25.8 Å². The van der Waals surface area contributed by atoms with Crippen molar-refractivity contribution in [3.8, 4) is 0 Å². The molecule has 1 N–H and O–H groups in total. The minimum absolute atomic E-state index is 0.104. The van der Waals surface area contributed by atoms with Crippen LogP contribution in [0, 0.1) is 0 Å². The summed E-state index contributed by atoms with van der Waals surface area (Å²) in [6.45, 7) is 5.55. The van der Waals surface area contributed by atoms with Gasteiger partial charge in [0.15, 0.2) is 0 Å². The van der Waals surface area contributed by atoms with Crippen LogP contribution in [0.15, 0.2) is 30.3 Å². The first kappa shape index (κ1) is 15.0. The molecule has 0 aromatic heterocycles. The van der Waals surface area contributed by atoms with Gasteiger partial charge in [-0.1, -0.05) is 30.3 Å². The summed E-state index contributed by atoms with van der Waals surface area (Å²) in [5, 5.41) is 2.88. The van der Waals surface area contributed by atoms with Crippen LogP contribution in [0.4, 0.5) is 0 Å². The van der Waals surface area contributed by atoms with E-state index in [0.717, 1.165) is 32.6 Å². The second-order valence-electron chi connectivity index (χ2n) is 5.18. The zero-order chi connectivity index (χ0) is 14.2. The highest BCUT2D eigenvalue weighted by Crippen LogP contribution is 2.13. The molecule has 1 aliphatic rings. The Balaban J connectivity index is 1.89. The Kier molecular flexibility index (Phi) is 6.02. The number of likely N-dealkylation sites (N-methyl/N-ethyl adjacent to an activating group) is 1. The first-order chi connectivity index (χ1) is 9.79. The number of rotatable bonds is 7. The van der Waals surface area contributed by atoms with Gasteiger partial charge >= 0.3 is 0 Å². The largest absolute Gasteiger partial charge is 0.380 e. The fourth-order valence-corrected chi connectivity index (χ4v) is 2.56. The topological polar surface area (TPSA) is 41.6 Å². The Morgan fingerprint density at radius 2 is 2.20 bits per heavy atom. The molecular formula is C16H24N2O2. The molecule has 1 saturated heterocycles. The number of carbonyl (C=O) groups is 1. The monoisotopic (exact) mass is 276 g/mol. The lowest BCUT2D eigenvalue weighted by molar-refractivity contribution is -0.122. The highest BCUT2D eigenvalue weighted by atomic mass is 16.5. The van der Waals surface area contributed by atoms with Crippen molar-refractivity contribution in [2.24, 2.45) is 0 Å². The number of amides is 1. The van der Waals surface area contributed by atoms with Gasteiger partial charge in [0, 0.05) is 25.7 Å². The van der Waals surface area contributed by atoms with Crippen LogP contribution >= 0.6 is 0 Å². The van der Waals surface area contributed by atoms with Gasteiger partial charge in [-0.2, -0.15) is 0 Å². The first-order valence-corrected chi connectivity index (χ1v) is 7.42. The van der Waals surface area contributed by atoms with Gasteiger partial charge in [0.2, 0.25) is 5.91 Å². The second-order valence-corrected chi connectivity index (χ2v) is 5.18. The van der Waals surface area contributed by atoms with Gasteiger partial charge < -0.3 is 10.1 Å². The fourth-order valence-electron chi connectivity index (χ4n) is 2.56. The van der Waals surface area contributed by atoms with Gasteiger partial charge in [-0.3, -0.25) is 9.69 Å². The Morgan fingerprint density at radius 3 is 2.85 bits per heavy atom. The van der Waals surface area contributed by atoms with Crippen molar-refractivity contribution in [3.05, 3.63) is 35.9 Å². The summed E-state index contributed by atoms with van der Waals surface area (Å²) < 4.78 is 5.46. The Bertz CT molecular complexity index is 402. The maximum absolute atomic E-state index is 11.8. The number of ether oxygens (including phenoxy) is 1. The van der Waals surface area contributed by atoms with Gasteiger partial charge in [0.05, 0.1) is 13.2 Å². The third-order valence-electron chi connectivity index (χ3n) is 3.67. The molecule has 0 bridgehead atoms. The van der Waals surface area contributed by atoms with E-state index in [2.05, 4.69) is 34.5 Å². The molecule has 110 valence electrons. The lowest BCUT2D eigenvalue weighted by Gasteiger charge is -2.27. The maximum atomic E-state index is 11.8. The summed E-state index contributed by atoms with van der Waals surface area (Å²) in [4.78, 5) is 14.1. The molecule has 1 unspecified atom stereocenters. The number of carbonyl (C=O) groups excluding carboxylic acids is 1. The predicted molar refractivity (Wildman–Crippen MR) is 79.6 cm³/mol. The molecule has 0 aliphatic carbocycles. The molecule has 1 amide bonds. The molecule has 4 nitrogen and oxygen atoms in total. The van der Waals surface area contributed by atoms with Gasteiger partial charge in [0.1, 0.15) is 0 Å². The molecule has 1 aromatic rings. The van der Waals surface area contributed by atoms with Crippen LogP contribution in [-0.2, 0) is 16.0 Å². The van der Waals surface area contributed by atoms with Crippen molar-refractivity contribution in [1.82, 2.24) is 10.2 Å². The van der Waals surface area contributed by atoms with E-state index in [4.69, 9.17) is 4.74 Å². The molecule has 1 fully saturated rings. The van der Waals surface area contributed by atoms with Crippen LogP contribution < -0.4 is 5.32 Å². The third kappa shape index (κ3) is 4.62. The number of hydrogen-bond acceptors (Lipinski definition) is 3. The molecule has 1 aliphatic heterocycles. The smallest absolute Gasteiger partial charge is 0.234 e. The molecule has 1 aromatic carbocycles. The van der Waals surface area contributed by atoms with E-state index >= 15 is 0 Å². The molecule has 0 spiro atoms. The number of nitrogens with zero attached hydrogens (tertiary/aromatic N) is 1. The van der Waals surface area contributed by atoms with Crippen molar-refractivity contribution in [3.63, 3.8) is 0 Å². The molecule has 1 heterocycles. The van der Waals surface area contributed by atoms with Crippen LogP contribution in [0.1, 0.15) is 18.9 Å². The van der Waals surface area contributed by atoms with Crippen LogP contribution in [0.25, 0.3) is 0 Å². The van der Waals surface area contributed by atoms with Crippen LogP contribution in [-0.4, -0.2) is 49.7 Å². The molecule has 20 heavy (non-hydrogen) atoms. The Labute approximate surface area is 121 Å². The van der Waals surface area contributed by atoms with E-state index in [-0.39, 0.29) is 5.91 Å². The SMILES string of the molecule is CCNC(=O)CN(CCc1ccccc1)C1CCOC1. The van der Waals surface area contributed by atoms with E-state index in [9.17, 15) is 4.79 Å². The standard InChI is InChI=1S/C16H24N2O2/c1-2-17-16(19)12-18(15-9-11-20-13-15)10-8-14-6-4-3-5-7-14/h3-7,15H,2,8-13H2,1H3,(H,17,19). The van der Waals surface area contributed by atoms with Crippen LogP contribution in [0.5, 0.6) is 0 Å². The third-order valence-corrected chi connectivity index (χ3v) is 3.67. The zero-order valence-corrected chi connectivity index (χ0v) is 12.2. The van der Waals surface area contributed by atoms with E-state index in [0.29, 0.717) is 19.1 Å². The van der Waals surface area contributed by atoms with Gasteiger partial charge in [-0.05, 0) is 25.3 Å². The number of hydrogen-bond donors (Lipinski definition) is 1. The average Bonchev–Trinajstić information content (AvgIpc) is 2.99. The van der Waals surface area contributed by atoms with Crippen molar-refractivity contribution in [1.29, 1.82) is 0 Å².